The first-order valence-electron chi connectivity index (χ1n) is 9.45. The van der Waals surface area contributed by atoms with Crippen LogP contribution in [0.5, 0.6) is 5.75 Å². The SMILES string of the molecule is COc1ccc(F)c(CN2CCC[C@](O)(CNCCc3cccnc3)C2=O)c1. The van der Waals surface area contributed by atoms with Crippen molar-refractivity contribution in [2.75, 3.05) is 26.7 Å². The van der Waals surface area contributed by atoms with E-state index < -0.39 is 11.4 Å². The number of likely N-dealkylation sites (tertiary alicyclic amines) is 1. The average Bonchev–Trinajstić information content (AvgIpc) is 2.71. The molecule has 1 aromatic heterocycles. The Kier molecular flexibility index (Phi) is 6.59. The van der Waals surface area contributed by atoms with Crippen molar-refractivity contribution in [2.45, 2.75) is 31.4 Å². The third kappa shape index (κ3) is 4.85. The first kappa shape index (κ1) is 20.2. The van der Waals surface area contributed by atoms with Crippen molar-refractivity contribution >= 4 is 5.91 Å². The molecule has 150 valence electrons. The molecule has 2 aromatic rings. The minimum atomic E-state index is -1.47. The number of rotatable bonds is 8. The van der Waals surface area contributed by atoms with Gasteiger partial charge in [-0.2, -0.15) is 0 Å². The van der Waals surface area contributed by atoms with E-state index in [1.807, 2.05) is 12.1 Å². The Morgan fingerprint density at radius 2 is 2.25 bits per heavy atom. The highest BCUT2D eigenvalue weighted by atomic mass is 19.1. The number of aliphatic hydroxyl groups is 1. The fourth-order valence-electron chi connectivity index (χ4n) is 3.46. The van der Waals surface area contributed by atoms with Crippen molar-refractivity contribution in [2.24, 2.45) is 0 Å². The van der Waals surface area contributed by atoms with E-state index in [4.69, 9.17) is 4.74 Å². The number of carbonyl (C=O) groups is 1. The summed E-state index contributed by atoms with van der Waals surface area (Å²) in [7, 11) is 1.51. The van der Waals surface area contributed by atoms with Crippen molar-refractivity contribution in [3.05, 3.63) is 59.7 Å². The van der Waals surface area contributed by atoms with Crippen LogP contribution in [0.15, 0.2) is 42.7 Å². The number of piperidine rings is 1. The van der Waals surface area contributed by atoms with Crippen LogP contribution in [0.3, 0.4) is 0 Å². The van der Waals surface area contributed by atoms with Crippen molar-refractivity contribution < 1.29 is 19.0 Å². The minimum Gasteiger partial charge on any atom is -0.497 e. The molecule has 3 rings (SSSR count). The third-order valence-electron chi connectivity index (χ3n) is 5.05. The summed E-state index contributed by atoms with van der Waals surface area (Å²) in [6, 6.07) is 8.32. The van der Waals surface area contributed by atoms with Gasteiger partial charge in [-0.1, -0.05) is 6.07 Å². The van der Waals surface area contributed by atoms with Crippen molar-refractivity contribution in [3.8, 4) is 5.75 Å². The lowest BCUT2D eigenvalue weighted by Crippen LogP contribution is -2.57. The molecular formula is C21H26FN3O3. The van der Waals surface area contributed by atoms with E-state index in [0.29, 0.717) is 37.2 Å². The number of benzene rings is 1. The molecule has 2 N–H and O–H groups in total. The summed E-state index contributed by atoms with van der Waals surface area (Å²) in [5, 5.41) is 14.0. The molecule has 2 heterocycles. The molecule has 0 bridgehead atoms. The topological polar surface area (TPSA) is 74.7 Å². The monoisotopic (exact) mass is 387 g/mol. The summed E-state index contributed by atoms with van der Waals surface area (Å²) in [5.74, 6) is -0.222. The van der Waals surface area contributed by atoms with Crippen LogP contribution < -0.4 is 10.1 Å². The number of ether oxygens (including phenoxy) is 1. The number of hydrogen-bond acceptors (Lipinski definition) is 5. The third-order valence-corrected chi connectivity index (χ3v) is 5.05. The number of carbonyl (C=O) groups excluding carboxylic acids is 1. The number of methoxy groups -OCH3 is 1. The van der Waals surface area contributed by atoms with Crippen LogP contribution in [0.4, 0.5) is 4.39 Å². The van der Waals surface area contributed by atoms with Gasteiger partial charge < -0.3 is 20.1 Å². The van der Waals surface area contributed by atoms with Crippen LogP contribution in [-0.4, -0.2) is 53.2 Å². The predicted molar refractivity (Wildman–Crippen MR) is 103 cm³/mol. The van der Waals surface area contributed by atoms with E-state index in [-0.39, 0.29) is 19.0 Å². The molecule has 0 unspecified atom stereocenters. The summed E-state index contributed by atoms with van der Waals surface area (Å²) >= 11 is 0. The molecule has 7 heteroatoms. The van der Waals surface area contributed by atoms with E-state index in [0.717, 1.165) is 12.0 Å². The molecule has 0 aliphatic carbocycles. The Morgan fingerprint density at radius 3 is 3.00 bits per heavy atom. The molecule has 0 radical (unpaired) electrons. The quantitative estimate of drug-likeness (QED) is 0.677. The molecule has 1 aromatic carbocycles. The van der Waals surface area contributed by atoms with Gasteiger partial charge in [0, 0.05) is 37.6 Å². The maximum absolute atomic E-state index is 14.1. The van der Waals surface area contributed by atoms with Crippen LogP contribution in [0.2, 0.25) is 0 Å². The van der Waals surface area contributed by atoms with Gasteiger partial charge >= 0.3 is 0 Å². The van der Waals surface area contributed by atoms with Crippen molar-refractivity contribution in [1.29, 1.82) is 0 Å². The lowest BCUT2D eigenvalue weighted by Gasteiger charge is -2.38. The minimum absolute atomic E-state index is 0.111. The highest BCUT2D eigenvalue weighted by molar-refractivity contribution is 5.86. The van der Waals surface area contributed by atoms with E-state index >= 15 is 0 Å². The van der Waals surface area contributed by atoms with Gasteiger partial charge in [0.2, 0.25) is 0 Å². The Labute approximate surface area is 164 Å². The van der Waals surface area contributed by atoms with E-state index in [2.05, 4.69) is 10.3 Å². The summed E-state index contributed by atoms with van der Waals surface area (Å²) in [5.41, 5.74) is -0.00344. The molecule has 1 atom stereocenters. The lowest BCUT2D eigenvalue weighted by atomic mass is 9.91. The van der Waals surface area contributed by atoms with Gasteiger partial charge in [-0.15, -0.1) is 0 Å². The average molecular weight is 387 g/mol. The summed E-state index contributed by atoms with van der Waals surface area (Å²) < 4.78 is 19.3. The second kappa shape index (κ2) is 9.12. The molecular weight excluding hydrogens is 361 g/mol. The van der Waals surface area contributed by atoms with E-state index in [1.165, 1.54) is 18.1 Å². The highest BCUT2D eigenvalue weighted by Gasteiger charge is 2.41. The number of nitrogens with one attached hydrogen (secondary N) is 1. The summed E-state index contributed by atoms with van der Waals surface area (Å²) in [6.07, 6.45) is 5.34. The number of hydrogen-bond donors (Lipinski definition) is 2. The van der Waals surface area contributed by atoms with Crippen LogP contribution in [0, 0.1) is 5.82 Å². The number of amides is 1. The number of halogens is 1. The second-order valence-corrected chi connectivity index (χ2v) is 7.11. The zero-order valence-electron chi connectivity index (χ0n) is 16.0. The first-order valence-corrected chi connectivity index (χ1v) is 9.45. The Hall–Kier alpha value is -2.51. The second-order valence-electron chi connectivity index (χ2n) is 7.11. The zero-order chi connectivity index (χ0) is 20.0. The van der Waals surface area contributed by atoms with Gasteiger partial charge in [0.15, 0.2) is 5.60 Å². The maximum Gasteiger partial charge on any atom is 0.256 e. The van der Waals surface area contributed by atoms with E-state index in [1.54, 1.807) is 24.5 Å². The van der Waals surface area contributed by atoms with Crippen LogP contribution >= 0.6 is 0 Å². The molecule has 6 nitrogen and oxygen atoms in total. The van der Waals surface area contributed by atoms with Crippen LogP contribution in [0.25, 0.3) is 0 Å². The van der Waals surface area contributed by atoms with Gasteiger partial charge in [-0.3, -0.25) is 9.78 Å². The molecule has 1 amide bonds. The molecule has 1 aliphatic heterocycles. The highest BCUT2D eigenvalue weighted by Crippen LogP contribution is 2.25. The van der Waals surface area contributed by atoms with Crippen molar-refractivity contribution in [1.82, 2.24) is 15.2 Å². The largest absolute Gasteiger partial charge is 0.497 e. The van der Waals surface area contributed by atoms with Crippen LogP contribution in [-0.2, 0) is 17.8 Å². The zero-order valence-corrected chi connectivity index (χ0v) is 16.0. The summed E-state index contributed by atoms with van der Waals surface area (Å²) in [6.45, 7) is 1.41. The van der Waals surface area contributed by atoms with Gasteiger partial charge in [0.05, 0.1) is 7.11 Å². The van der Waals surface area contributed by atoms with Gasteiger partial charge in [-0.25, -0.2) is 4.39 Å². The molecule has 0 spiro atoms. The molecule has 28 heavy (non-hydrogen) atoms. The smallest absolute Gasteiger partial charge is 0.256 e. The normalized spacial score (nSPS) is 19.7. The van der Waals surface area contributed by atoms with Gasteiger partial charge in [0.25, 0.3) is 5.91 Å². The molecule has 1 fully saturated rings. The Morgan fingerprint density at radius 1 is 1.39 bits per heavy atom. The lowest BCUT2D eigenvalue weighted by molar-refractivity contribution is -0.157. The fourth-order valence-corrected chi connectivity index (χ4v) is 3.46. The van der Waals surface area contributed by atoms with Crippen molar-refractivity contribution in [3.63, 3.8) is 0 Å². The first-order chi connectivity index (χ1) is 13.5. The summed E-state index contributed by atoms with van der Waals surface area (Å²) in [4.78, 5) is 18.4. The number of aromatic nitrogens is 1. The number of pyridine rings is 1. The standard InChI is InChI=1S/C21H26FN3O3/c1-28-18-5-6-19(22)17(12-18)14-25-11-3-8-21(27,20(25)26)15-24-10-7-16-4-2-9-23-13-16/h2,4-6,9,12-13,24,27H,3,7-8,10-11,14-15H2,1H3/t21-/m0/s1. The maximum atomic E-state index is 14.1. The Bertz CT molecular complexity index is 803. The molecule has 1 saturated heterocycles. The van der Waals surface area contributed by atoms with Gasteiger partial charge in [-0.05, 0) is 55.6 Å². The fraction of sp³-hybridized carbons (Fsp3) is 0.429. The predicted octanol–water partition coefficient (Wildman–Crippen LogP) is 1.92. The number of nitrogens with zero attached hydrogens (tertiary/aromatic N) is 2. The molecule has 0 saturated carbocycles. The Balaban J connectivity index is 1.58. The van der Waals surface area contributed by atoms with Gasteiger partial charge in [0.1, 0.15) is 11.6 Å². The molecule has 1 aliphatic rings. The van der Waals surface area contributed by atoms with Crippen LogP contribution in [0.1, 0.15) is 24.0 Å². The van der Waals surface area contributed by atoms with E-state index in [9.17, 15) is 14.3 Å².